The normalized spacial score (nSPS) is 14.6. The summed E-state index contributed by atoms with van der Waals surface area (Å²) in [6.07, 6.45) is -1.07. The number of carbonyl (C=O) groups is 1. The molecular formula is C13H27NO5. The molecule has 0 bridgehead atoms. The van der Waals surface area contributed by atoms with Gasteiger partial charge in [-0.05, 0) is 41.5 Å². The second-order valence-electron chi connectivity index (χ2n) is 6.42. The van der Waals surface area contributed by atoms with Crippen LogP contribution in [0.2, 0.25) is 0 Å². The lowest BCUT2D eigenvalue weighted by molar-refractivity contribution is -0.181. The van der Waals surface area contributed by atoms with Gasteiger partial charge in [-0.1, -0.05) is 0 Å². The summed E-state index contributed by atoms with van der Waals surface area (Å²) in [6.45, 7) is 10.3. The highest BCUT2D eigenvalue weighted by Crippen LogP contribution is 2.11. The van der Waals surface area contributed by atoms with Crippen molar-refractivity contribution < 1.29 is 24.5 Å². The third-order valence-corrected chi connectivity index (χ3v) is 1.88. The first kappa shape index (κ1) is 18.3. The van der Waals surface area contributed by atoms with Crippen LogP contribution in [0.4, 0.5) is 0 Å². The highest BCUT2D eigenvalue weighted by Gasteiger charge is 2.22. The minimum absolute atomic E-state index is 0.0347. The van der Waals surface area contributed by atoms with Gasteiger partial charge in [0, 0.05) is 0 Å². The van der Waals surface area contributed by atoms with Crippen molar-refractivity contribution in [3.05, 3.63) is 0 Å². The van der Waals surface area contributed by atoms with Crippen LogP contribution in [-0.2, 0) is 14.3 Å². The molecule has 0 spiro atoms. The van der Waals surface area contributed by atoms with E-state index >= 15 is 0 Å². The Morgan fingerprint density at radius 3 is 2.05 bits per heavy atom. The number of esters is 1. The summed E-state index contributed by atoms with van der Waals surface area (Å²) < 4.78 is 10.4. The maximum Gasteiger partial charge on any atom is 0.320 e. The van der Waals surface area contributed by atoms with Crippen molar-refractivity contribution in [1.82, 2.24) is 4.90 Å². The van der Waals surface area contributed by atoms with Crippen molar-refractivity contribution >= 4 is 5.97 Å². The van der Waals surface area contributed by atoms with Gasteiger partial charge in [0.15, 0.2) is 6.29 Å². The number of nitrogens with zero attached hydrogens (tertiary/aromatic N) is 1. The molecule has 0 aromatic heterocycles. The summed E-state index contributed by atoms with van der Waals surface area (Å²) in [5.41, 5.74) is -1.06. The minimum Gasteiger partial charge on any atom is -0.459 e. The van der Waals surface area contributed by atoms with Crippen molar-refractivity contribution in [2.24, 2.45) is 0 Å². The number of hydrogen-bond donors (Lipinski definition) is 2. The quantitative estimate of drug-likeness (QED) is 0.550. The Morgan fingerprint density at radius 1 is 1.16 bits per heavy atom. The molecule has 1 atom stereocenters. The van der Waals surface area contributed by atoms with Gasteiger partial charge in [0.05, 0.1) is 25.4 Å². The molecule has 0 saturated heterocycles. The molecule has 0 amide bonds. The minimum atomic E-state index is -1.07. The summed E-state index contributed by atoms with van der Waals surface area (Å²) in [5, 5.41) is 18.9. The van der Waals surface area contributed by atoms with E-state index in [4.69, 9.17) is 9.47 Å². The zero-order valence-corrected chi connectivity index (χ0v) is 12.8. The van der Waals surface area contributed by atoms with E-state index < -0.39 is 23.5 Å². The molecule has 0 heterocycles. The summed E-state index contributed by atoms with van der Waals surface area (Å²) in [4.78, 5) is 12.9. The first-order valence-corrected chi connectivity index (χ1v) is 6.34. The predicted octanol–water partition coefficient (Wildman–Crippen LogP) is 0.713. The predicted molar refractivity (Wildman–Crippen MR) is 71.3 cm³/mol. The third-order valence-electron chi connectivity index (χ3n) is 1.88. The van der Waals surface area contributed by atoms with E-state index in [-0.39, 0.29) is 19.8 Å². The molecule has 6 heteroatoms. The highest BCUT2D eigenvalue weighted by molar-refractivity contribution is 5.72. The van der Waals surface area contributed by atoms with Crippen molar-refractivity contribution in [2.75, 3.05) is 19.8 Å². The molecule has 0 saturated carbocycles. The smallest absolute Gasteiger partial charge is 0.320 e. The van der Waals surface area contributed by atoms with E-state index in [1.165, 1.54) is 4.90 Å². The van der Waals surface area contributed by atoms with Crippen LogP contribution >= 0.6 is 0 Å². The molecule has 0 fully saturated rings. The lowest BCUT2D eigenvalue weighted by atomic mass is 10.2. The topological polar surface area (TPSA) is 79.2 Å². The maximum atomic E-state index is 11.6. The Bertz CT molecular complexity index is 280. The molecule has 0 aromatic rings. The molecule has 0 aliphatic heterocycles. The van der Waals surface area contributed by atoms with E-state index in [2.05, 4.69) is 0 Å². The fraction of sp³-hybridized carbons (Fsp3) is 0.923. The molecule has 19 heavy (non-hydrogen) atoms. The molecule has 0 rings (SSSR count). The Balaban J connectivity index is 4.25. The maximum absolute atomic E-state index is 11.6. The standard InChI is InChI=1S/C13H27NO5/c1-12(2,3)18-10(16)7-14(9-15)8-11(17)19-13(4,5)6/h10,15-16H,7-9H2,1-6H3. The first-order chi connectivity index (χ1) is 8.43. The number of carbonyl (C=O) groups excluding carboxylic acids is 1. The molecule has 0 radical (unpaired) electrons. The molecule has 0 aliphatic carbocycles. The van der Waals surface area contributed by atoms with Crippen LogP contribution in [0.15, 0.2) is 0 Å². The van der Waals surface area contributed by atoms with Gasteiger partial charge in [0.25, 0.3) is 0 Å². The van der Waals surface area contributed by atoms with E-state index in [9.17, 15) is 15.0 Å². The zero-order chi connectivity index (χ0) is 15.3. The molecule has 0 aliphatic rings. The fourth-order valence-electron chi connectivity index (χ4n) is 1.39. The molecule has 2 N–H and O–H groups in total. The average Bonchev–Trinajstić information content (AvgIpc) is 2.10. The molecule has 6 nitrogen and oxygen atoms in total. The van der Waals surface area contributed by atoms with Crippen LogP contribution in [0.25, 0.3) is 0 Å². The van der Waals surface area contributed by atoms with E-state index in [0.717, 1.165) is 0 Å². The Labute approximate surface area is 115 Å². The van der Waals surface area contributed by atoms with E-state index in [1.807, 2.05) is 20.8 Å². The number of rotatable bonds is 6. The van der Waals surface area contributed by atoms with Crippen LogP contribution in [0.3, 0.4) is 0 Å². The average molecular weight is 277 g/mol. The van der Waals surface area contributed by atoms with Gasteiger partial charge < -0.3 is 19.7 Å². The Hall–Kier alpha value is -0.690. The van der Waals surface area contributed by atoms with Crippen LogP contribution < -0.4 is 0 Å². The van der Waals surface area contributed by atoms with E-state index in [0.29, 0.717) is 0 Å². The Morgan fingerprint density at radius 2 is 1.68 bits per heavy atom. The van der Waals surface area contributed by atoms with Gasteiger partial charge >= 0.3 is 5.97 Å². The van der Waals surface area contributed by atoms with Crippen molar-refractivity contribution in [1.29, 1.82) is 0 Å². The molecule has 114 valence electrons. The van der Waals surface area contributed by atoms with Gasteiger partial charge in [-0.25, -0.2) is 0 Å². The number of aliphatic hydroxyl groups excluding tert-OH is 2. The summed E-state index contributed by atoms with van der Waals surface area (Å²) in [7, 11) is 0. The second-order valence-corrected chi connectivity index (χ2v) is 6.42. The van der Waals surface area contributed by atoms with Crippen LogP contribution in [0, 0.1) is 0 Å². The number of ether oxygens (including phenoxy) is 2. The lowest BCUT2D eigenvalue weighted by Crippen LogP contribution is -2.42. The lowest BCUT2D eigenvalue weighted by Gasteiger charge is -2.28. The van der Waals surface area contributed by atoms with Gasteiger partial charge in [-0.15, -0.1) is 0 Å². The third kappa shape index (κ3) is 10.9. The van der Waals surface area contributed by atoms with Crippen LogP contribution in [0.1, 0.15) is 41.5 Å². The van der Waals surface area contributed by atoms with Crippen LogP contribution in [0.5, 0.6) is 0 Å². The SMILES string of the molecule is CC(C)(C)OC(=O)CN(CO)CC(O)OC(C)(C)C. The van der Waals surface area contributed by atoms with Gasteiger partial charge in [-0.3, -0.25) is 9.69 Å². The number of hydrogen-bond acceptors (Lipinski definition) is 6. The summed E-state index contributed by atoms with van der Waals surface area (Å²) in [6, 6.07) is 0. The fourth-order valence-corrected chi connectivity index (χ4v) is 1.39. The highest BCUT2D eigenvalue weighted by atomic mass is 16.6. The van der Waals surface area contributed by atoms with Gasteiger partial charge in [-0.2, -0.15) is 0 Å². The largest absolute Gasteiger partial charge is 0.459 e. The van der Waals surface area contributed by atoms with Crippen LogP contribution in [-0.4, -0.2) is 58.4 Å². The zero-order valence-electron chi connectivity index (χ0n) is 12.8. The van der Waals surface area contributed by atoms with Crippen molar-refractivity contribution in [2.45, 2.75) is 59.0 Å². The summed E-state index contributed by atoms with van der Waals surface area (Å²) >= 11 is 0. The molecular weight excluding hydrogens is 250 g/mol. The van der Waals surface area contributed by atoms with Gasteiger partial charge in [0.1, 0.15) is 5.60 Å². The number of aliphatic hydroxyl groups is 2. The Kier molecular flexibility index (Phi) is 6.93. The van der Waals surface area contributed by atoms with Crippen molar-refractivity contribution in [3.63, 3.8) is 0 Å². The first-order valence-electron chi connectivity index (χ1n) is 6.34. The molecule has 1 unspecified atom stereocenters. The van der Waals surface area contributed by atoms with Gasteiger partial charge in [0.2, 0.25) is 0 Å². The summed E-state index contributed by atoms with van der Waals surface area (Å²) in [5.74, 6) is -0.454. The monoisotopic (exact) mass is 277 g/mol. The molecule has 0 aromatic carbocycles. The second kappa shape index (κ2) is 7.19. The van der Waals surface area contributed by atoms with E-state index in [1.54, 1.807) is 20.8 Å². The van der Waals surface area contributed by atoms with Crippen molar-refractivity contribution in [3.8, 4) is 0 Å².